The van der Waals surface area contributed by atoms with Crippen molar-refractivity contribution in [2.75, 3.05) is 0 Å². The maximum absolute atomic E-state index is 10.8. The minimum Gasteiger partial charge on any atom is -0.481 e. The quantitative estimate of drug-likeness (QED) is 0.910. The minimum absolute atomic E-state index is 0.00167. The van der Waals surface area contributed by atoms with Crippen LogP contribution in [-0.2, 0) is 4.79 Å². The molecule has 1 aliphatic rings. The van der Waals surface area contributed by atoms with Crippen molar-refractivity contribution in [1.82, 2.24) is 14.6 Å². The standard InChI is InChI=1S/C10H8BrN3O2/c11-5-1-2-8-12-13-9(14(8)4-5)6-3-7(6)10(15)16/h1-2,4,6-7H,3H2,(H,15,16). The van der Waals surface area contributed by atoms with E-state index in [4.69, 9.17) is 5.11 Å². The predicted molar refractivity (Wildman–Crippen MR) is 59.2 cm³/mol. The molecule has 1 aliphatic carbocycles. The molecule has 2 unspecified atom stereocenters. The van der Waals surface area contributed by atoms with Gasteiger partial charge in [0.1, 0.15) is 5.82 Å². The van der Waals surface area contributed by atoms with Gasteiger partial charge in [-0.3, -0.25) is 9.20 Å². The van der Waals surface area contributed by atoms with E-state index in [9.17, 15) is 4.79 Å². The highest BCUT2D eigenvalue weighted by Crippen LogP contribution is 2.46. The van der Waals surface area contributed by atoms with Gasteiger partial charge in [-0.2, -0.15) is 0 Å². The van der Waals surface area contributed by atoms with Crippen molar-refractivity contribution in [2.45, 2.75) is 12.3 Å². The summed E-state index contributed by atoms with van der Waals surface area (Å²) >= 11 is 3.37. The van der Waals surface area contributed by atoms with Crippen LogP contribution in [0.25, 0.3) is 5.65 Å². The number of pyridine rings is 1. The molecule has 1 fully saturated rings. The molecule has 82 valence electrons. The Labute approximate surface area is 99.2 Å². The highest BCUT2D eigenvalue weighted by atomic mass is 79.9. The average molecular weight is 282 g/mol. The SMILES string of the molecule is O=C(O)C1CC1c1nnc2ccc(Br)cn12. The molecule has 6 heteroatoms. The summed E-state index contributed by atoms with van der Waals surface area (Å²) in [5.74, 6) is -0.311. The van der Waals surface area contributed by atoms with Crippen molar-refractivity contribution in [1.29, 1.82) is 0 Å². The number of carboxylic acid groups (broad SMARTS) is 1. The predicted octanol–water partition coefficient (Wildman–Crippen LogP) is 1.68. The molecule has 1 N–H and O–H groups in total. The van der Waals surface area contributed by atoms with Crippen LogP contribution in [0.4, 0.5) is 0 Å². The number of nitrogens with zero attached hydrogens (tertiary/aromatic N) is 3. The first-order chi connectivity index (χ1) is 7.66. The lowest BCUT2D eigenvalue weighted by Crippen LogP contribution is -2.01. The molecule has 0 amide bonds. The third-order valence-corrected chi connectivity index (χ3v) is 3.30. The second-order valence-corrected chi connectivity index (χ2v) is 4.84. The summed E-state index contributed by atoms with van der Waals surface area (Å²) in [6, 6.07) is 3.73. The molecule has 2 aromatic rings. The third kappa shape index (κ3) is 1.41. The van der Waals surface area contributed by atoms with Gasteiger partial charge in [0.05, 0.1) is 5.92 Å². The number of carbonyl (C=O) groups is 1. The number of aliphatic carboxylic acids is 1. The van der Waals surface area contributed by atoms with Gasteiger partial charge in [0, 0.05) is 16.6 Å². The van der Waals surface area contributed by atoms with E-state index in [0.29, 0.717) is 6.42 Å². The lowest BCUT2D eigenvalue weighted by atomic mass is 10.3. The Bertz CT molecular complexity index is 580. The van der Waals surface area contributed by atoms with Crippen molar-refractivity contribution in [3.8, 4) is 0 Å². The van der Waals surface area contributed by atoms with E-state index >= 15 is 0 Å². The van der Waals surface area contributed by atoms with Gasteiger partial charge in [-0.05, 0) is 34.5 Å². The smallest absolute Gasteiger partial charge is 0.307 e. The van der Waals surface area contributed by atoms with Gasteiger partial charge >= 0.3 is 5.97 Å². The number of halogens is 1. The molecule has 1 saturated carbocycles. The molecular weight excluding hydrogens is 274 g/mol. The second kappa shape index (κ2) is 3.28. The van der Waals surface area contributed by atoms with Crippen LogP contribution >= 0.6 is 15.9 Å². The topological polar surface area (TPSA) is 67.5 Å². The van der Waals surface area contributed by atoms with Crippen molar-refractivity contribution in [3.63, 3.8) is 0 Å². The summed E-state index contributed by atoms with van der Waals surface area (Å²) in [4.78, 5) is 10.8. The Morgan fingerprint density at radius 1 is 1.50 bits per heavy atom. The Morgan fingerprint density at radius 3 is 3.00 bits per heavy atom. The van der Waals surface area contributed by atoms with Gasteiger partial charge in [0.2, 0.25) is 0 Å². The van der Waals surface area contributed by atoms with E-state index < -0.39 is 5.97 Å². The van der Waals surface area contributed by atoms with Crippen molar-refractivity contribution >= 4 is 27.5 Å². The number of hydrogen-bond donors (Lipinski definition) is 1. The molecule has 0 radical (unpaired) electrons. The molecule has 0 aliphatic heterocycles. The number of fused-ring (bicyclic) bond motifs is 1. The minimum atomic E-state index is -0.753. The summed E-state index contributed by atoms with van der Waals surface area (Å²) < 4.78 is 2.77. The van der Waals surface area contributed by atoms with Gasteiger partial charge in [0.25, 0.3) is 0 Å². The van der Waals surface area contributed by atoms with Gasteiger partial charge in [-0.1, -0.05) is 0 Å². The summed E-state index contributed by atoms with van der Waals surface area (Å²) in [7, 11) is 0. The van der Waals surface area contributed by atoms with Crippen LogP contribution < -0.4 is 0 Å². The van der Waals surface area contributed by atoms with Crippen LogP contribution in [0.3, 0.4) is 0 Å². The van der Waals surface area contributed by atoms with Gasteiger partial charge in [0.15, 0.2) is 5.65 Å². The Morgan fingerprint density at radius 2 is 2.31 bits per heavy atom. The van der Waals surface area contributed by atoms with Gasteiger partial charge in [-0.15, -0.1) is 10.2 Å². The van der Waals surface area contributed by atoms with Crippen molar-refractivity contribution < 1.29 is 9.90 Å². The molecule has 2 aromatic heterocycles. The van der Waals surface area contributed by atoms with Crippen LogP contribution in [0.15, 0.2) is 22.8 Å². The number of aromatic nitrogens is 3. The van der Waals surface area contributed by atoms with Crippen molar-refractivity contribution in [3.05, 3.63) is 28.6 Å². The van der Waals surface area contributed by atoms with Gasteiger partial charge < -0.3 is 5.11 Å². The molecule has 2 atom stereocenters. The van der Waals surface area contributed by atoms with E-state index in [1.165, 1.54) is 0 Å². The fraction of sp³-hybridized carbons (Fsp3) is 0.300. The largest absolute Gasteiger partial charge is 0.481 e. The number of rotatable bonds is 2. The van der Waals surface area contributed by atoms with Gasteiger partial charge in [-0.25, -0.2) is 0 Å². The summed E-state index contributed by atoms with van der Waals surface area (Å²) in [5.41, 5.74) is 0.745. The van der Waals surface area contributed by atoms with E-state index in [0.717, 1.165) is 15.9 Å². The zero-order valence-electron chi connectivity index (χ0n) is 8.17. The van der Waals surface area contributed by atoms with E-state index in [1.54, 1.807) is 0 Å². The first-order valence-electron chi connectivity index (χ1n) is 4.90. The lowest BCUT2D eigenvalue weighted by Gasteiger charge is -1.98. The van der Waals surface area contributed by atoms with E-state index in [1.807, 2.05) is 22.7 Å². The molecule has 3 rings (SSSR count). The molecular formula is C10H8BrN3O2. The molecule has 0 bridgehead atoms. The van der Waals surface area contributed by atoms with E-state index in [-0.39, 0.29) is 11.8 Å². The average Bonchev–Trinajstić information content (AvgIpc) is 2.93. The Balaban J connectivity index is 2.05. The molecule has 16 heavy (non-hydrogen) atoms. The molecule has 0 spiro atoms. The van der Waals surface area contributed by atoms with E-state index in [2.05, 4.69) is 26.1 Å². The molecule has 0 saturated heterocycles. The van der Waals surface area contributed by atoms with Crippen LogP contribution in [0.1, 0.15) is 18.2 Å². The number of carboxylic acids is 1. The Kier molecular flexibility index (Phi) is 2.00. The Hall–Kier alpha value is -1.43. The highest BCUT2D eigenvalue weighted by molar-refractivity contribution is 9.10. The van der Waals surface area contributed by atoms with Crippen LogP contribution in [0.2, 0.25) is 0 Å². The highest BCUT2D eigenvalue weighted by Gasteiger charge is 2.47. The molecule has 0 aromatic carbocycles. The zero-order valence-corrected chi connectivity index (χ0v) is 9.75. The second-order valence-electron chi connectivity index (χ2n) is 3.92. The van der Waals surface area contributed by atoms with Crippen LogP contribution in [0, 0.1) is 5.92 Å². The lowest BCUT2D eigenvalue weighted by molar-refractivity contribution is -0.138. The zero-order chi connectivity index (χ0) is 11.3. The molecule has 5 nitrogen and oxygen atoms in total. The van der Waals surface area contributed by atoms with Crippen LogP contribution in [-0.4, -0.2) is 25.7 Å². The maximum atomic E-state index is 10.8. The maximum Gasteiger partial charge on any atom is 0.307 e. The van der Waals surface area contributed by atoms with Crippen molar-refractivity contribution in [2.24, 2.45) is 5.92 Å². The third-order valence-electron chi connectivity index (χ3n) is 2.83. The fourth-order valence-electron chi connectivity index (χ4n) is 1.89. The normalized spacial score (nSPS) is 23.6. The number of hydrogen-bond acceptors (Lipinski definition) is 3. The molecule has 2 heterocycles. The summed E-state index contributed by atoms with van der Waals surface area (Å²) in [5, 5.41) is 17.0. The first-order valence-corrected chi connectivity index (χ1v) is 5.69. The fourth-order valence-corrected chi connectivity index (χ4v) is 2.23. The first kappa shape index (κ1) is 9.77. The summed E-state index contributed by atoms with van der Waals surface area (Å²) in [6.45, 7) is 0. The van der Waals surface area contributed by atoms with Crippen LogP contribution in [0.5, 0.6) is 0 Å². The monoisotopic (exact) mass is 281 g/mol. The summed E-state index contributed by atoms with van der Waals surface area (Å²) in [6.07, 6.45) is 2.52.